The van der Waals surface area contributed by atoms with E-state index in [1.807, 2.05) is 36.4 Å². The molecule has 0 aromatic heterocycles. The summed E-state index contributed by atoms with van der Waals surface area (Å²) in [7, 11) is 0. The molecule has 0 heterocycles. The second kappa shape index (κ2) is 9.57. The molecule has 0 N–H and O–H groups in total. The Labute approximate surface area is 144 Å². The number of ether oxygens (including phenoxy) is 1. The van der Waals surface area contributed by atoms with Gasteiger partial charge in [-0.3, -0.25) is 0 Å². The minimum atomic E-state index is -0.736. The molecule has 0 amide bonds. The first-order valence-electron chi connectivity index (χ1n) is 8.26. The van der Waals surface area contributed by atoms with E-state index in [1.54, 1.807) is 13.0 Å². The minimum absolute atomic E-state index is 0.511. The van der Waals surface area contributed by atoms with E-state index in [9.17, 15) is 4.39 Å². The highest BCUT2D eigenvalue weighted by Crippen LogP contribution is 2.22. The summed E-state index contributed by atoms with van der Waals surface area (Å²) in [4.78, 5) is 0. The molecule has 2 rings (SSSR count). The predicted octanol–water partition coefficient (Wildman–Crippen LogP) is 5.80. The highest BCUT2D eigenvalue weighted by Gasteiger charge is 1.99. The first kappa shape index (κ1) is 17.8. The topological polar surface area (TPSA) is 9.23 Å². The zero-order valence-corrected chi connectivity index (χ0v) is 14.1. The molecule has 0 bridgehead atoms. The van der Waals surface area contributed by atoms with Crippen LogP contribution in [0.15, 0.2) is 61.2 Å². The zero-order valence-electron chi connectivity index (χ0n) is 14.1. The Balaban J connectivity index is 1.94. The summed E-state index contributed by atoms with van der Waals surface area (Å²) in [6.45, 7) is 5.73. The van der Waals surface area contributed by atoms with Crippen molar-refractivity contribution >= 4 is 0 Å². The molecule has 0 aliphatic carbocycles. The summed E-state index contributed by atoms with van der Waals surface area (Å²) in [5, 5.41) is 0. The van der Waals surface area contributed by atoms with Crippen LogP contribution in [-0.4, -0.2) is 12.8 Å². The van der Waals surface area contributed by atoms with Gasteiger partial charge in [-0.15, -0.1) is 0 Å². The van der Waals surface area contributed by atoms with Gasteiger partial charge in [0, 0.05) is 12.0 Å². The molecule has 1 nitrogen and oxygen atoms in total. The Kier molecular flexibility index (Phi) is 7.11. The lowest BCUT2D eigenvalue weighted by molar-refractivity contribution is 0.336. The number of halogens is 1. The Morgan fingerprint density at radius 1 is 1.08 bits per heavy atom. The largest absolute Gasteiger partial charge is 0.490 e. The molecule has 1 atom stereocenters. The molecule has 0 aliphatic heterocycles. The van der Waals surface area contributed by atoms with Gasteiger partial charge in [0.15, 0.2) is 0 Å². The third-order valence-electron chi connectivity index (χ3n) is 3.58. The lowest BCUT2D eigenvalue weighted by Gasteiger charge is -2.05. The number of hydrogen-bond donors (Lipinski definition) is 0. The van der Waals surface area contributed by atoms with Crippen LogP contribution in [0, 0.1) is 11.8 Å². The molecule has 0 spiro atoms. The van der Waals surface area contributed by atoms with Crippen molar-refractivity contribution in [2.24, 2.45) is 0 Å². The standard InChI is InChI=1S/C22H23FO/c1-3-17-24-22-15-13-21(14-16-22)20-11-9-19(10-12-20)8-6-4-5-7-18(2)23/h3,9-16,18H,1,4-5,7,17H2,2H3. The van der Waals surface area contributed by atoms with Crippen molar-refractivity contribution < 1.29 is 9.13 Å². The maximum absolute atomic E-state index is 12.7. The Hall–Kier alpha value is -2.53. The van der Waals surface area contributed by atoms with Gasteiger partial charge in [-0.25, -0.2) is 4.39 Å². The van der Waals surface area contributed by atoms with Crippen molar-refractivity contribution in [3.8, 4) is 28.7 Å². The average molecular weight is 322 g/mol. The smallest absolute Gasteiger partial charge is 0.119 e. The Bertz CT molecular complexity index is 687. The van der Waals surface area contributed by atoms with E-state index in [2.05, 4.69) is 30.6 Å². The maximum atomic E-state index is 12.7. The molecule has 2 aromatic rings. The Morgan fingerprint density at radius 3 is 2.29 bits per heavy atom. The van der Waals surface area contributed by atoms with Crippen LogP contribution in [-0.2, 0) is 0 Å². The molecular formula is C22H23FO. The second-order valence-corrected chi connectivity index (χ2v) is 5.68. The van der Waals surface area contributed by atoms with Crippen LogP contribution >= 0.6 is 0 Å². The van der Waals surface area contributed by atoms with Gasteiger partial charge in [-0.1, -0.05) is 48.8 Å². The molecule has 124 valence electrons. The molecular weight excluding hydrogens is 299 g/mol. The summed E-state index contributed by atoms with van der Waals surface area (Å²) in [5.74, 6) is 7.07. The summed E-state index contributed by atoms with van der Waals surface area (Å²) in [6.07, 6.45) is 3.12. The van der Waals surface area contributed by atoms with Crippen molar-refractivity contribution in [3.05, 3.63) is 66.7 Å². The van der Waals surface area contributed by atoms with E-state index >= 15 is 0 Å². The van der Waals surface area contributed by atoms with E-state index < -0.39 is 6.17 Å². The van der Waals surface area contributed by atoms with Gasteiger partial charge in [0.1, 0.15) is 12.4 Å². The van der Waals surface area contributed by atoms with Crippen molar-refractivity contribution in [2.45, 2.75) is 32.4 Å². The van der Waals surface area contributed by atoms with Gasteiger partial charge >= 0.3 is 0 Å². The number of hydrogen-bond acceptors (Lipinski definition) is 1. The minimum Gasteiger partial charge on any atom is -0.490 e. The highest BCUT2D eigenvalue weighted by molar-refractivity contribution is 5.65. The lowest BCUT2D eigenvalue weighted by atomic mass is 10.0. The molecule has 0 aliphatic rings. The van der Waals surface area contributed by atoms with Crippen LogP contribution in [0.3, 0.4) is 0 Å². The van der Waals surface area contributed by atoms with E-state index in [0.29, 0.717) is 13.0 Å². The van der Waals surface area contributed by atoms with Crippen molar-refractivity contribution in [1.82, 2.24) is 0 Å². The average Bonchev–Trinajstić information content (AvgIpc) is 2.60. The zero-order chi connectivity index (χ0) is 17.2. The van der Waals surface area contributed by atoms with Gasteiger partial charge in [0.2, 0.25) is 0 Å². The van der Waals surface area contributed by atoms with Crippen LogP contribution in [0.1, 0.15) is 31.7 Å². The normalized spacial score (nSPS) is 11.2. The number of rotatable bonds is 7. The molecule has 1 unspecified atom stereocenters. The van der Waals surface area contributed by atoms with Gasteiger partial charge in [-0.2, -0.15) is 0 Å². The summed E-state index contributed by atoms with van der Waals surface area (Å²) >= 11 is 0. The van der Waals surface area contributed by atoms with E-state index in [4.69, 9.17) is 4.74 Å². The molecule has 24 heavy (non-hydrogen) atoms. The van der Waals surface area contributed by atoms with Crippen LogP contribution in [0.4, 0.5) is 4.39 Å². The first-order chi connectivity index (χ1) is 11.7. The van der Waals surface area contributed by atoms with Crippen LogP contribution in [0.5, 0.6) is 5.75 Å². The van der Waals surface area contributed by atoms with Crippen molar-refractivity contribution in [3.63, 3.8) is 0 Å². The summed E-state index contributed by atoms with van der Waals surface area (Å²) < 4.78 is 18.2. The van der Waals surface area contributed by atoms with Gasteiger partial charge < -0.3 is 4.74 Å². The van der Waals surface area contributed by atoms with Gasteiger partial charge in [0.25, 0.3) is 0 Å². The quantitative estimate of drug-likeness (QED) is 0.356. The van der Waals surface area contributed by atoms with Gasteiger partial charge in [-0.05, 0) is 55.2 Å². The molecule has 0 fully saturated rings. The third kappa shape index (κ3) is 5.93. The first-order valence-corrected chi connectivity index (χ1v) is 8.26. The number of alkyl halides is 1. The van der Waals surface area contributed by atoms with Crippen molar-refractivity contribution in [1.29, 1.82) is 0 Å². The monoisotopic (exact) mass is 322 g/mol. The molecule has 0 saturated heterocycles. The highest BCUT2D eigenvalue weighted by atomic mass is 19.1. The van der Waals surface area contributed by atoms with Crippen LogP contribution in [0.2, 0.25) is 0 Å². The number of benzene rings is 2. The fourth-order valence-corrected chi connectivity index (χ4v) is 2.28. The van der Waals surface area contributed by atoms with Crippen LogP contribution in [0.25, 0.3) is 11.1 Å². The fraction of sp³-hybridized carbons (Fsp3) is 0.273. The molecule has 2 heteroatoms. The molecule has 0 saturated carbocycles. The predicted molar refractivity (Wildman–Crippen MR) is 98.9 cm³/mol. The lowest BCUT2D eigenvalue weighted by Crippen LogP contribution is -1.92. The second-order valence-electron chi connectivity index (χ2n) is 5.68. The van der Waals surface area contributed by atoms with E-state index in [0.717, 1.165) is 35.3 Å². The van der Waals surface area contributed by atoms with Gasteiger partial charge in [0.05, 0.1) is 6.17 Å². The summed E-state index contributed by atoms with van der Waals surface area (Å²) in [6, 6.07) is 16.1. The fourth-order valence-electron chi connectivity index (χ4n) is 2.28. The van der Waals surface area contributed by atoms with Crippen molar-refractivity contribution in [2.75, 3.05) is 6.61 Å². The Morgan fingerprint density at radius 2 is 1.71 bits per heavy atom. The van der Waals surface area contributed by atoms with E-state index in [-0.39, 0.29) is 0 Å². The molecule has 0 radical (unpaired) electrons. The molecule has 2 aromatic carbocycles. The van der Waals surface area contributed by atoms with Crippen LogP contribution < -0.4 is 4.74 Å². The maximum Gasteiger partial charge on any atom is 0.119 e. The SMILES string of the molecule is C=CCOc1ccc(-c2ccc(C#CCCCC(C)F)cc2)cc1. The summed E-state index contributed by atoms with van der Waals surface area (Å²) in [5.41, 5.74) is 3.26. The number of unbranched alkanes of at least 4 members (excludes halogenated alkanes) is 1. The third-order valence-corrected chi connectivity index (χ3v) is 3.58. The van der Waals surface area contributed by atoms with E-state index in [1.165, 1.54) is 0 Å².